The van der Waals surface area contributed by atoms with Gasteiger partial charge >= 0.3 is 12.0 Å². The van der Waals surface area contributed by atoms with Gasteiger partial charge in [0.2, 0.25) is 0 Å². The fraction of sp³-hybridized carbons (Fsp3) is 0.545. The number of urea groups is 1. The Balaban J connectivity index is 2.43. The van der Waals surface area contributed by atoms with Crippen LogP contribution in [0.15, 0.2) is 4.52 Å². The van der Waals surface area contributed by atoms with Crippen molar-refractivity contribution in [2.24, 2.45) is 0 Å². The van der Waals surface area contributed by atoms with Crippen molar-refractivity contribution in [3.8, 4) is 0 Å². The van der Waals surface area contributed by atoms with Crippen LogP contribution in [-0.4, -0.2) is 40.8 Å². The number of amides is 2. The molecule has 2 N–H and O–H groups in total. The number of nitrogens with one attached hydrogen (secondary N) is 1. The molecule has 0 aliphatic carbocycles. The highest BCUT2D eigenvalue weighted by Gasteiger charge is 2.13. The molecule has 1 aromatic heterocycles. The van der Waals surface area contributed by atoms with Gasteiger partial charge in [0.15, 0.2) is 0 Å². The summed E-state index contributed by atoms with van der Waals surface area (Å²) in [6.45, 7) is 4.06. The average molecular weight is 255 g/mol. The van der Waals surface area contributed by atoms with Crippen LogP contribution >= 0.6 is 0 Å². The molecule has 0 saturated heterocycles. The highest BCUT2D eigenvalue weighted by atomic mass is 16.5. The Morgan fingerprint density at radius 3 is 2.61 bits per heavy atom. The predicted molar refractivity (Wildman–Crippen MR) is 63.1 cm³/mol. The van der Waals surface area contributed by atoms with Crippen LogP contribution < -0.4 is 5.32 Å². The number of rotatable bonds is 5. The molecule has 7 heteroatoms. The van der Waals surface area contributed by atoms with E-state index in [-0.39, 0.29) is 19.0 Å². The van der Waals surface area contributed by atoms with Crippen LogP contribution in [0.3, 0.4) is 0 Å². The molecule has 1 aromatic rings. The number of carboxylic acid groups (broad SMARTS) is 1. The molecule has 0 spiro atoms. The molecule has 0 unspecified atom stereocenters. The molecule has 1 rings (SSSR count). The SMILES string of the molecule is Cc1noc(C)c1CNC(=O)N(C)CCC(=O)O. The van der Waals surface area contributed by atoms with E-state index in [1.807, 2.05) is 0 Å². The highest BCUT2D eigenvalue weighted by Crippen LogP contribution is 2.11. The molecule has 0 aliphatic heterocycles. The summed E-state index contributed by atoms with van der Waals surface area (Å²) >= 11 is 0. The Kier molecular flexibility index (Phi) is 4.70. The standard InChI is InChI=1S/C11H17N3O4/c1-7-9(8(2)18-13-7)6-12-11(17)14(3)5-4-10(15)16/h4-6H2,1-3H3,(H,12,17)(H,15,16). The van der Waals surface area contributed by atoms with E-state index in [0.29, 0.717) is 12.3 Å². The summed E-state index contributed by atoms with van der Waals surface area (Å²) in [5, 5.41) is 15.0. The number of hydrogen-bond donors (Lipinski definition) is 2. The Hall–Kier alpha value is -2.05. The van der Waals surface area contributed by atoms with Gasteiger partial charge in [0.1, 0.15) is 5.76 Å². The molecular formula is C11H17N3O4. The number of carboxylic acids is 1. The monoisotopic (exact) mass is 255 g/mol. The number of carbonyl (C=O) groups is 2. The lowest BCUT2D eigenvalue weighted by atomic mass is 10.2. The van der Waals surface area contributed by atoms with Crippen molar-refractivity contribution in [2.45, 2.75) is 26.8 Å². The van der Waals surface area contributed by atoms with E-state index in [1.165, 1.54) is 4.90 Å². The predicted octanol–water partition coefficient (Wildman–Crippen LogP) is 0.908. The number of carbonyl (C=O) groups excluding carboxylic acids is 1. The van der Waals surface area contributed by atoms with Gasteiger partial charge in [-0.1, -0.05) is 5.16 Å². The summed E-state index contributed by atoms with van der Waals surface area (Å²) in [6, 6.07) is -0.323. The summed E-state index contributed by atoms with van der Waals surface area (Å²) in [4.78, 5) is 23.4. The molecule has 0 radical (unpaired) electrons. The van der Waals surface area contributed by atoms with Gasteiger partial charge < -0.3 is 19.8 Å². The molecule has 0 fully saturated rings. The minimum absolute atomic E-state index is 0.0742. The lowest BCUT2D eigenvalue weighted by Crippen LogP contribution is -2.38. The first-order valence-electron chi connectivity index (χ1n) is 5.54. The van der Waals surface area contributed by atoms with Crippen molar-refractivity contribution in [3.63, 3.8) is 0 Å². The highest BCUT2D eigenvalue weighted by molar-refractivity contribution is 5.75. The fourth-order valence-corrected chi connectivity index (χ4v) is 1.42. The Morgan fingerprint density at radius 1 is 1.44 bits per heavy atom. The van der Waals surface area contributed by atoms with E-state index in [4.69, 9.17) is 9.63 Å². The van der Waals surface area contributed by atoms with Crippen molar-refractivity contribution in [1.82, 2.24) is 15.4 Å². The molecular weight excluding hydrogens is 238 g/mol. The van der Waals surface area contributed by atoms with Crippen LogP contribution in [0.4, 0.5) is 4.79 Å². The van der Waals surface area contributed by atoms with Crippen molar-refractivity contribution in [1.29, 1.82) is 0 Å². The van der Waals surface area contributed by atoms with E-state index in [9.17, 15) is 9.59 Å². The molecule has 18 heavy (non-hydrogen) atoms. The summed E-state index contributed by atoms with van der Waals surface area (Å²) < 4.78 is 4.97. The Labute approximate surface area is 105 Å². The largest absolute Gasteiger partial charge is 0.481 e. The second-order valence-electron chi connectivity index (χ2n) is 4.03. The van der Waals surface area contributed by atoms with Gasteiger partial charge in [0, 0.05) is 25.7 Å². The molecule has 0 aliphatic rings. The van der Waals surface area contributed by atoms with Gasteiger partial charge in [-0.15, -0.1) is 0 Å². The second kappa shape index (κ2) is 6.04. The van der Waals surface area contributed by atoms with Gasteiger partial charge in [-0.3, -0.25) is 4.79 Å². The summed E-state index contributed by atoms with van der Waals surface area (Å²) in [6.07, 6.45) is -0.0742. The van der Waals surface area contributed by atoms with E-state index >= 15 is 0 Å². The van der Waals surface area contributed by atoms with Crippen LogP contribution in [0.5, 0.6) is 0 Å². The molecule has 0 aromatic carbocycles. The number of aliphatic carboxylic acids is 1. The average Bonchev–Trinajstić information content (AvgIpc) is 2.63. The number of aromatic nitrogens is 1. The number of nitrogens with zero attached hydrogens (tertiary/aromatic N) is 2. The van der Waals surface area contributed by atoms with E-state index in [2.05, 4.69) is 10.5 Å². The minimum atomic E-state index is -0.930. The zero-order valence-electron chi connectivity index (χ0n) is 10.7. The minimum Gasteiger partial charge on any atom is -0.481 e. The zero-order chi connectivity index (χ0) is 13.7. The van der Waals surface area contributed by atoms with Crippen LogP contribution in [0.1, 0.15) is 23.4 Å². The Bertz CT molecular complexity index is 422. The fourth-order valence-electron chi connectivity index (χ4n) is 1.42. The van der Waals surface area contributed by atoms with Crippen LogP contribution in [0.2, 0.25) is 0 Å². The van der Waals surface area contributed by atoms with Gasteiger partial charge in [-0.05, 0) is 13.8 Å². The van der Waals surface area contributed by atoms with E-state index < -0.39 is 5.97 Å². The normalized spacial score (nSPS) is 10.2. The van der Waals surface area contributed by atoms with Crippen molar-refractivity contribution in [3.05, 3.63) is 17.0 Å². The van der Waals surface area contributed by atoms with Crippen molar-refractivity contribution >= 4 is 12.0 Å². The molecule has 2 amide bonds. The van der Waals surface area contributed by atoms with E-state index in [1.54, 1.807) is 20.9 Å². The molecule has 0 bridgehead atoms. The van der Waals surface area contributed by atoms with Crippen molar-refractivity contribution in [2.75, 3.05) is 13.6 Å². The van der Waals surface area contributed by atoms with Crippen LogP contribution in [-0.2, 0) is 11.3 Å². The van der Waals surface area contributed by atoms with Gasteiger partial charge in [0.05, 0.1) is 12.1 Å². The third kappa shape index (κ3) is 3.76. The van der Waals surface area contributed by atoms with Gasteiger partial charge in [-0.25, -0.2) is 4.79 Å². The van der Waals surface area contributed by atoms with Crippen LogP contribution in [0, 0.1) is 13.8 Å². The summed E-state index contributed by atoms with van der Waals surface area (Å²) in [7, 11) is 1.55. The maximum Gasteiger partial charge on any atom is 0.317 e. The smallest absolute Gasteiger partial charge is 0.317 e. The molecule has 100 valence electrons. The Morgan fingerprint density at radius 2 is 2.11 bits per heavy atom. The molecule has 0 saturated carbocycles. The molecule has 1 heterocycles. The van der Waals surface area contributed by atoms with Gasteiger partial charge in [0.25, 0.3) is 0 Å². The summed E-state index contributed by atoms with van der Waals surface area (Å²) in [5.41, 5.74) is 1.58. The number of aryl methyl sites for hydroxylation is 2. The third-order valence-corrected chi connectivity index (χ3v) is 2.61. The molecule has 7 nitrogen and oxygen atoms in total. The third-order valence-electron chi connectivity index (χ3n) is 2.61. The first kappa shape index (κ1) is 14.0. The second-order valence-corrected chi connectivity index (χ2v) is 4.03. The van der Waals surface area contributed by atoms with Gasteiger partial charge in [-0.2, -0.15) is 0 Å². The lowest BCUT2D eigenvalue weighted by Gasteiger charge is -2.16. The van der Waals surface area contributed by atoms with Crippen LogP contribution in [0.25, 0.3) is 0 Å². The maximum atomic E-state index is 11.6. The number of hydrogen-bond acceptors (Lipinski definition) is 4. The first-order valence-corrected chi connectivity index (χ1v) is 5.54. The first-order chi connectivity index (χ1) is 8.41. The summed E-state index contributed by atoms with van der Waals surface area (Å²) in [5.74, 6) is -0.263. The topological polar surface area (TPSA) is 95.7 Å². The quantitative estimate of drug-likeness (QED) is 0.815. The molecule has 0 atom stereocenters. The maximum absolute atomic E-state index is 11.6. The van der Waals surface area contributed by atoms with E-state index in [0.717, 1.165) is 11.3 Å². The van der Waals surface area contributed by atoms with Crippen molar-refractivity contribution < 1.29 is 19.2 Å². The zero-order valence-corrected chi connectivity index (χ0v) is 10.7. The lowest BCUT2D eigenvalue weighted by molar-refractivity contribution is -0.137.